The van der Waals surface area contributed by atoms with E-state index in [9.17, 15) is 27.9 Å². The van der Waals surface area contributed by atoms with Gasteiger partial charge < -0.3 is 15.7 Å². The fourth-order valence-electron chi connectivity index (χ4n) is 5.50. The van der Waals surface area contributed by atoms with E-state index in [1.807, 2.05) is 0 Å². The number of aliphatic carboxylic acids is 1. The van der Waals surface area contributed by atoms with Gasteiger partial charge in [-0.25, -0.2) is 13.2 Å². The second-order valence-electron chi connectivity index (χ2n) is 10.2. The van der Waals surface area contributed by atoms with Crippen LogP contribution in [0.25, 0.3) is 0 Å². The summed E-state index contributed by atoms with van der Waals surface area (Å²) in [4.78, 5) is 37.7. The number of carboxylic acids is 1. The lowest BCUT2D eigenvalue weighted by molar-refractivity contribution is -0.143. The fourth-order valence-corrected chi connectivity index (χ4v) is 7.42. The maximum absolute atomic E-state index is 13.6. The van der Waals surface area contributed by atoms with Gasteiger partial charge in [0.1, 0.15) is 12.1 Å². The molecule has 0 radical (unpaired) electrons. The van der Waals surface area contributed by atoms with Gasteiger partial charge in [-0.3, -0.25) is 9.59 Å². The first-order valence-corrected chi connectivity index (χ1v) is 14.2. The van der Waals surface area contributed by atoms with E-state index in [1.165, 1.54) is 16.4 Å². The van der Waals surface area contributed by atoms with Gasteiger partial charge in [0.2, 0.25) is 21.8 Å². The molecule has 3 N–H and O–H groups in total. The van der Waals surface area contributed by atoms with Crippen molar-refractivity contribution in [2.45, 2.75) is 68.0 Å². The van der Waals surface area contributed by atoms with Crippen LogP contribution in [0.5, 0.6) is 0 Å². The molecule has 2 unspecified atom stereocenters. The lowest BCUT2D eigenvalue weighted by Crippen LogP contribution is -2.63. The highest BCUT2D eigenvalue weighted by molar-refractivity contribution is 7.89. The number of benzene rings is 2. The molecule has 9 nitrogen and oxygen atoms in total. The van der Waals surface area contributed by atoms with E-state index in [2.05, 4.69) is 10.6 Å². The Morgan fingerprint density at radius 2 is 1.54 bits per heavy atom. The van der Waals surface area contributed by atoms with Crippen molar-refractivity contribution < 1.29 is 27.9 Å². The number of rotatable bonds is 9. The normalized spacial score (nSPS) is 24.3. The van der Waals surface area contributed by atoms with E-state index < -0.39 is 34.0 Å². The highest BCUT2D eigenvalue weighted by atomic mass is 32.2. The molecule has 2 aromatic carbocycles. The number of carboxylic acid groups (broad SMARTS) is 1. The highest BCUT2D eigenvalue weighted by Gasteiger charge is 2.51. The number of piperidine rings is 2. The predicted molar refractivity (Wildman–Crippen MR) is 136 cm³/mol. The largest absolute Gasteiger partial charge is 0.480 e. The van der Waals surface area contributed by atoms with Crippen molar-refractivity contribution in [3.8, 4) is 0 Å². The van der Waals surface area contributed by atoms with Crippen LogP contribution in [-0.2, 0) is 30.8 Å². The molecule has 4 fully saturated rings. The second kappa shape index (κ2) is 10.3. The molecule has 2 bridgehead atoms. The Bertz CT molecular complexity index is 1270. The highest BCUT2D eigenvalue weighted by Crippen LogP contribution is 2.42. The Hall–Kier alpha value is -3.24. The number of amides is 2. The van der Waals surface area contributed by atoms with Gasteiger partial charge in [-0.1, -0.05) is 30.3 Å². The van der Waals surface area contributed by atoms with Gasteiger partial charge in [0.25, 0.3) is 0 Å². The van der Waals surface area contributed by atoms with Crippen molar-refractivity contribution in [3.05, 3.63) is 60.2 Å². The molecule has 0 spiro atoms. The third-order valence-corrected chi connectivity index (χ3v) is 9.58. The lowest BCUT2D eigenvalue weighted by Gasteiger charge is -2.49. The molecule has 2 aliphatic heterocycles. The molecule has 2 amide bonds. The summed E-state index contributed by atoms with van der Waals surface area (Å²) in [5, 5.41) is 15.3. The summed E-state index contributed by atoms with van der Waals surface area (Å²) < 4.78 is 28.4. The van der Waals surface area contributed by atoms with E-state index in [0.29, 0.717) is 24.1 Å². The number of nitrogens with one attached hydrogen (secondary N) is 2. The van der Waals surface area contributed by atoms with E-state index in [0.717, 1.165) is 25.7 Å². The minimum absolute atomic E-state index is 0.0137. The summed E-state index contributed by atoms with van der Waals surface area (Å²) in [6, 6.07) is 12.5. The average Bonchev–Trinajstić information content (AvgIpc) is 3.76. The lowest BCUT2D eigenvalue weighted by atomic mass is 9.76. The second-order valence-corrected chi connectivity index (χ2v) is 12.1. The molecule has 2 heterocycles. The fraction of sp³-hybridized carbons (Fsp3) is 0.444. The number of fused-ring (bicyclic) bond motifs is 3. The number of anilines is 1. The van der Waals surface area contributed by atoms with Crippen LogP contribution in [0, 0.1) is 11.8 Å². The first-order valence-electron chi connectivity index (χ1n) is 12.8. The molecule has 6 rings (SSSR count). The summed E-state index contributed by atoms with van der Waals surface area (Å²) in [5.74, 6) is -1.87. The molecule has 37 heavy (non-hydrogen) atoms. The van der Waals surface area contributed by atoms with Crippen LogP contribution in [0.2, 0.25) is 0 Å². The Labute approximate surface area is 216 Å². The molecule has 2 aliphatic carbocycles. The summed E-state index contributed by atoms with van der Waals surface area (Å²) >= 11 is 0. The zero-order valence-electron chi connectivity index (χ0n) is 20.4. The molecular weight excluding hydrogens is 494 g/mol. The smallest absolute Gasteiger partial charge is 0.326 e. The zero-order chi connectivity index (χ0) is 26.2. The van der Waals surface area contributed by atoms with Gasteiger partial charge in [0, 0.05) is 24.1 Å². The summed E-state index contributed by atoms with van der Waals surface area (Å²) in [5.41, 5.74) is 1.31. The van der Waals surface area contributed by atoms with Crippen LogP contribution in [0.3, 0.4) is 0 Å². The minimum atomic E-state index is -3.93. The maximum atomic E-state index is 13.6. The summed E-state index contributed by atoms with van der Waals surface area (Å²) in [6.45, 7) is 0. The molecule has 10 heteroatoms. The SMILES string of the molecule is O=C(Nc1ccc(CC(NC(=O)C2C3CCC(CC3)N2S(=O)(=O)c2ccccc2)C(=O)O)cc1)C1CC1. The Morgan fingerprint density at radius 3 is 2.14 bits per heavy atom. The Kier molecular flexibility index (Phi) is 7.04. The van der Waals surface area contributed by atoms with E-state index in [-0.39, 0.29) is 35.1 Å². The van der Waals surface area contributed by atoms with E-state index >= 15 is 0 Å². The molecule has 2 saturated carbocycles. The zero-order valence-corrected chi connectivity index (χ0v) is 21.2. The number of carbonyl (C=O) groups excluding carboxylic acids is 2. The van der Waals surface area contributed by atoms with Gasteiger partial charge in [0.15, 0.2) is 0 Å². The van der Waals surface area contributed by atoms with Gasteiger partial charge in [-0.15, -0.1) is 0 Å². The molecule has 2 saturated heterocycles. The van der Waals surface area contributed by atoms with E-state index in [4.69, 9.17) is 0 Å². The summed E-state index contributed by atoms with van der Waals surface area (Å²) in [6.07, 6.45) is 4.67. The number of carbonyl (C=O) groups is 3. The first kappa shape index (κ1) is 25.4. The molecule has 2 atom stereocenters. The third-order valence-electron chi connectivity index (χ3n) is 7.63. The number of nitrogens with zero attached hydrogens (tertiary/aromatic N) is 1. The monoisotopic (exact) mass is 525 g/mol. The Morgan fingerprint density at radius 1 is 0.892 bits per heavy atom. The van der Waals surface area contributed by atoms with Crippen molar-refractivity contribution in [3.63, 3.8) is 0 Å². The number of hydrogen-bond donors (Lipinski definition) is 3. The average molecular weight is 526 g/mol. The van der Waals surface area contributed by atoms with E-state index in [1.54, 1.807) is 42.5 Å². The van der Waals surface area contributed by atoms with Gasteiger partial charge in [-0.2, -0.15) is 4.31 Å². The van der Waals surface area contributed by atoms with Crippen LogP contribution in [0.1, 0.15) is 44.1 Å². The van der Waals surface area contributed by atoms with Crippen molar-refractivity contribution in [2.75, 3.05) is 5.32 Å². The van der Waals surface area contributed by atoms with Gasteiger partial charge in [-0.05, 0) is 74.3 Å². The predicted octanol–water partition coefficient (Wildman–Crippen LogP) is 2.78. The summed E-state index contributed by atoms with van der Waals surface area (Å²) in [7, 11) is -3.93. The maximum Gasteiger partial charge on any atom is 0.326 e. The van der Waals surface area contributed by atoms with Gasteiger partial charge in [0.05, 0.1) is 4.90 Å². The third kappa shape index (κ3) is 5.40. The molecule has 196 valence electrons. The van der Waals surface area contributed by atoms with Crippen LogP contribution >= 0.6 is 0 Å². The molecule has 4 aliphatic rings. The molecular formula is C27H31N3O6S. The standard InChI is InChI=1S/C27H31N3O6S/c31-25(19-8-9-19)28-20-12-6-17(7-13-20)16-23(27(33)34)29-26(32)24-18-10-14-21(15-11-18)30(24)37(35,36)22-4-2-1-3-5-22/h1-7,12-13,18-19,21,23-24H,8-11,14-16H2,(H,28,31)(H,29,32)(H,33,34). The first-order chi connectivity index (χ1) is 17.7. The quantitative estimate of drug-likeness (QED) is 0.461. The van der Waals surface area contributed by atoms with Crippen molar-refractivity contribution in [1.29, 1.82) is 0 Å². The van der Waals surface area contributed by atoms with Gasteiger partial charge >= 0.3 is 5.97 Å². The number of sulfonamides is 1. The Balaban J connectivity index is 1.31. The van der Waals surface area contributed by atoms with Crippen LogP contribution < -0.4 is 10.6 Å². The van der Waals surface area contributed by atoms with Crippen LogP contribution in [0.15, 0.2) is 59.5 Å². The van der Waals surface area contributed by atoms with Crippen LogP contribution in [0.4, 0.5) is 5.69 Å². The topological polar surface area (TPSA) is 133 Å². The van der Waals surface area contributed by atoms with Crippen molar-refractivity contribution in [1.82, 2.24) is 9.62 Å². The van der Waals surface area contributed by atoms with Crippen LogP contribution in [-0.4, -0.2) is 53.7 Å². The minimum Gasteiger partial charge on any atom is -0.480 e. The molecule has 2 aromatic rings. The van der Waals surface area contributed by atoms with Crippen molar-refractivity contribution >= 4 is 33.5 Å². The molecule has 0 aromatic heterocycles. The number of hydrogen-bond acceptors (Lipinski definition) is 5. The van der Waals surface area contributed by atoms with Crippen molar-refractivity contribution in [2.24, 2.45) is 11.8 Å².